The van der Waals surface area contributed by atoms with Gasteiger partial charge in [0.2, 0.25) is 12.3 Å². The first-order valence-corrected chi connectivity index (χ1v) is 4.61. The summed E-state index contributed by atoms with van der Waals surface area (Å²) in [5.41, 5.74) is 5.20. The predicted octanol–water partition coefficient (Wildman–Crippen LogP) is 0.119. The first-order chi connectivity index (χ1) is 6.15. The molecule has 1 fully saturated rings. The van der Waals surface area contributed by atoms with E-state index in [1.807, 2.05) is 0 Å². The molecule has 0 saturated heterocycles. The maximum absolute atomic E-state index is 10.8. The zero-order chi connectivity index (χ0) is 9.84. The topological polar surface area (TPSA) is 63.4 Å². The van der Waals surface area contributed by atoms with E-state index in [0.717, 1.165) is 32.1 Å². The maximum atomic E-state index is 10.8. The molecule has 2 N–H and O–H groups in total. The second-order valence-corrected chi connectivity index (χ2v) is 3.68. The summed E-state index contributed by atoms with van der Waals surface area (Å²) in [6.07, 6.45) is 4.26. The largest absolute Gasteiger partial charge is 0.369 e. The number of nitrogens with zero attached hydrogens (tertiary/aromatic N) is 1. The van der Waals surface area contributed by atoms with Gasteiger partial charge in [-0.05, 0) is 25.7 Å². The maximum Gasteiger partial charge on any atom is 0.220 e. The van der Waals surface area contributed by atoms with E-state index in [-0.39, 0.29) is 11.8 Å². The van der Waals surface area contributed by atoms with Crippen LogP contribution in [0.4, 0.5) is 0 Å². The lowest BCUT2D eigenvalue weighted by molar-refractivity contribution is -0.123. The van der Waals surface area contributed by atoms with E-state index in [0.29, 0.717) is 6.04 Å². The second-order valence-electron chi connectivity index (χ2n) is 3.68. The first-order valence-electron chi connectivity index (χ1n) is 4.61. The minimum Gasteiger partial charge on any atom is -0.369 e. The molecule has 1 aliphatic carbocycles. The van der Waals surface area contributed by atoms with Crippen LogP contribution in [-0.2, 0) is 9.59 Å². The molecule has 0 aromatic rings. The summed E-state index contributed by atoms with van der Waals surface area (Å²) in [6.45, 7) is 0. The summed E-state index contributed by atoms with van der Waals surface area (Å²) in [5, 5.41) is 0. The van der Waals surface area contributed by atoms with Crippen LogP contribution in [0.15, 0.2) is 0 Å². The van der Waals surface area contributed by atoms with Crippen LogP contribution < -0.4 is 5.73 Å². The fourth-order valence-corrected chi connectivity index (χ4v) is 1.85. The molecule has 0 unspecified atom stereocenters. The van der Waals surface area contributed by atoms with E-state index in [1.54, 1.807) is 11.9 Å². The summed E-state index contributed by atoms with van der Waals surface area (Å²) in [7, 11) is 1.78. The van der Waals surface area contributed by atoms with E-state index < -0.39 is 0 Å². The average Bonchev–Trinajstić information content (AvgIpc) is 2.17. The minimum atomic E-state index is -0.202. The van der Waals surface area contributed by atoms with Gasteiger partial charge < -0.3 is 10.6 Å². The van der Waals surface area contributed by atoms with Crippen molar-refractivity contribution in [1.82, 2.24) is 4.90 Å². The van der Waals surface area contributed by atoms with Crippen molar-refractivity contribution in [2.24, 2.45) is 11.7 Å². The van der Waals surface area contributed by atoms with E-state index in [4.69, 9.17) is 5.73 Å². The van der Waals surface area contributed by atoms with Crippen LogP contribution in [-0.4, -0.2) is 30.3 Å². The SMILES string of the molecule is CN(C=O)C1CCC(C(N)=O)CC1. The molecule has 0 bridgehead atoms. The summed E-state index contributed by atoms with van der Waals surface area (Å²) >= 11 is 0. The van der Waals surface area contributed by atoms with E-state index in [1.165, 1.54) is 0 Å². The van der Waals surface area contributed by atoms with Gasteiger partial charge in [-0.25, -0.2) is 0 Å². The smallest absolute Gasteiger partial charge is 0.220 e. The van der Waals surface area contributed by atoms with Crippen LogP contribution >= 0.6 is 0 Å². The van der Waals surface area contributed by atoms with Gasteiger partial charge in [-0.1, -0.05) is 0 Å². The molecular formula is C9H16N2O2. The number of hydrogen-bond donors (Lipinski definition) is 1. The molecule has 74 valence electrons. The van der Waals surface area contributed by atoms with Gasteiger partial charge in [0.05, 0.1) is 0 Å². The lowest BCUT2D eigenvalue weighted by Gasteiger charge is -2.31. The van der Waals surface area contributed by atoms with Crippen LogP contribution in [0, 0.1) is 5.92 Å². The van der Waals surface area contributed by atoms with Crippen LogP contribution in [0.2, 0.25) is 0 Å². The van der Waals surface area contributed by atoms with Crippen LogP contribution in [0.5, 0.6) is 0 Å². The molecule has 0 aromatic carbocycles. The van der Waals surface area contributed by atoms with Crippen molar-refractivity contribution in [2.45, 2.75) is 31.7 Å². The molecular weight excluding hydrogens is 168 g/mol. The summed E-state index contributed by atoms with van der Waals surface area (Å²) in [4.78, 5) is 23.0. The van der Waals surface area contributed by atoms with Crippen molar-refractivity contribution in [3.05, 3.63) is 0 Å². The molecule has 13 heavy (non-hydrogen) atoms. The second kappa shape index (κ2) is 4.25. The highest BCUT2D eigenvalue weighted by Gasteiger charge is 2.26. The molecule has 0 radical (unpaired) electrons. The van der Waals surface area contributed by atoms with Gasteiger partial charge in [0.15, 0.2) is 0 Å². The van der Waals surface area contributed by atoms with Gasteiger partial charge in [-0.15, -0.1) is 0 Å². The molecule has 0 atom stereocenters. The fourth-order valence-electron chi connectivity index (χ4n) is 1.85. The number of carbonyl (C=O) groups excluding carboxylic acids is 2. The molecule has 2 amide bonds. The van der Waals surface area contributed by atoms with Crippen molar-refractivity contribution in [1.29, 1.82) is 0 Å². The standard InChI is InChI=1S/C9H16N2O2/c1-11(6-12)8-4-2-7(3-5-8)9(10)13/h6-8H,2-5H2,1H3,(H2,10,13). The molecule has 1 saturated carbocycles. The molecule has 0 heterocycles. The van der Waals surface area contributed by atoms with Crippen molar-refractivity contribution in [3.63, 3.8) is 0 Å². The zero-order valence-electron chi connectivity index (χ0n) is 7.90. The number of hydrogen-bond acceptors (Lipinski definition) is 2. The van der Waals surface area contributed by atoms with Crippen molar-refractivity contribution in [2.75, 3.05) is 7.05 Å². The highest BCUT2D eigenvalue weighted by molar-refractivity contribution is 5.76. The Morgan fingerprint density at radius 2 is 1.92 bits per heavy atom. The Balaban J connectivity index is 2.38. The monoisotopic (exact) mass is 184 g/mol. The highest BCUT2D eigenvalue weighted by Crippen LogP contribution is 2.26. The van der Waals surface area contributed by atoms with Crippen molar-refractivity contribution < 1.29 is 9.59 Å². The van der Waals surface area contributed by atoms with Crippen molar-refractivity contribution in [3.8, 4) is 0 Å². The zero-order valence-corrected chi connectivity index (χ0v) is 7.90. The number of primary amides is 1. The van der Waals surface area contributed by atoms with Gasteiger partial charge in [0.1, 0.15) is 0 Å². The Hall–Kier alpha value is -1.06. The Kier molecular flexibility index (Phi) is 3.28. The molecule has 1 rings (SSSR count). The average molecular weight is 184 g/mol. The molecule has 4 nitrogen and oxygen atoms in total. The van der Waals surface area contributed by atoms with Crippen molar-refractivity contribution >= 4 is 12.3 Å². The van der Waals surface area contributed by atoms with Gasteiger partial charge >= 0.3 is 0 Å². The summed E-state index contributed by atoms with van der Waals surface area (Å²) in [5.74, 6) is -0.177. The lowest BCUT2D eigenvalue weighted by Crippen LogP contribution is -2.37. The normalized spacial score (nSPS) is 28.1. The van der Waals surface area contributed by atoms with E-state index >= 15 is 0 Å². The molecule has 0 aliphatic heterocycles. The van der Waals surface area contributed by atoms with Gasteiger partial charge in [-0.3, -0.25) is 9.59 Å². The third-order valence-electron chi connectivity index (χ3n) is 2.84. The Morgan fingerprint density at radius 3 is 2.31 bits per heavy atom. The number of amides is 2. The Bertz CT molecular complexity index is 198. The quantitative estimate of drug-likeness (QED) is 0.633. The molecule has 1 aliphatic rings. The van der Waals surface area contributed by atoms with Gasteiger partial charge in [0, 0.05) is 19.0 Å². The Morgan fingerprint density at radius 1 is 1.38 bits per heavy atom. The predicted molar refractivity (Wildman–Crippen MR) is 48.8 cm³/mol. The summed E-state index contributed by atoms with van der Waals surface area (Å²) < 4.78 is 0. The van der Waals surface area contributed by atoms with E-state index in [2.05, 4.69) is 0 Å². The van der Waals surface area contributed by atoms with Crippen LogP contribution in [0.3, 0.4) is 0 Å². The highest BCUT2D eigenvalue weighted by atomic mass is 16.1. The van der Waals surface area contributed by atoms with Crippen LogP contribution in [0.1, 0.15) is 25.7 Å². The minimum absolute atomic E-state index is 0.0244. The molecule has 0 spiro atoms. The summed E-state index contributed by atoms with van der Waals surface area (Å²) in [6, 6.07) is 0.299. The third-order valence-corrected chi connectivity index (χ3v) is 2.84. The first kappa shape index (κ1) is 10.0. The van der Waals surface area contributed by atoms with Crippen LogP contribution in [0.25, 0.3) is 0 Å². The third kappa shape index (κ3) is 2.44. The fraction of sp³-hybridized carbons (Fsp3) is 0.778. The number of rotatable bonds is 3. The van der Waals surface area contributed by atoms with Gasteiger partial charge in [0.25, 0.3) is 0 Å². The number of nitrogens with two attached hydrogens (primary N) is 1. The molecule has 0 aromatic heterocycles. The lowest BCUT2D eigenvalue weighted by atomic mass is 9.85. The molecule has 4 heteroatoms. The number of carbonyl (C=O) groups is 2. The van der Waals surface area contributed by atoms with Gasteiger partial charge in [-0.2, -0.15) is 0 Å². The van der Waals surface area contributed by atoms with E-state index in [9.17, 15) is 9.59 Å². The Labute approximate surface area is 78.1 Å².